The number of carboxylic acids is 1. The number of amides is 1. The Labute approximate surface area is 97.8 Å². The highest BCUT2D eigenvalue weighted by Gasteiger charge is 2.05. The molecule has 0 fully saturated rings. The van der Waals surface area contributed by atoms with Crippen LogP contribution >= 0.6 is 0 Å². The van der Waals surface area contributed by atoms with Crippen molar-refractivity contribution in [3.05, 3.63) is 41.2 Å². The molecule has 0 atom stereocenters. The Kier molecular flexibility index (Phi) is 4.39. The summed E-state index contributed by atoms with van der Waals surface area (Å²) in [4.78, 5) is 21.1. The van der Waals surface area contributed by atoms with Crippen molar-refractivity contribution in [1.82, 2.24) is 5.32 Å². The molecule has 0 aliphatic rings. The maximum atomic E-state index is 13.4. The van der Waals surface area contributed by atoms with E-state index in [0.717, 1.165) is 6.07 Å². The summed E-state index contributed by atoms with van der Waals surface area (Å²) in [7, 11) is 0. The Morgan fingerprint density at radius 2 is 2.18 bits per heavy atom. The van der Waals surface area contributed by atoms with Gasteiger partial charge in [0.05, 0.1) is 5.56 Å². The molecule has 1 amide bonds. The normalized spacial score (nSPS) is 10.5. The number of aromatic carboxylic acids is 1. The second-order valence-corrected chi connectivity index (χ2v) is 3.38. The number of hydrogen-bond acceptors (Lipinski definition) is 2. The molecule has 1 aromatic rings. The zero-order valence-electron chi connectivity index (χ0n) is 9.24. The second-order valence-electron chi connectivity index (χ2n) is 3.38. The van der Waals surface area contributed by atoms with Gasteiger partial charge < -0.3 is 10.4 Å². The minimum Gasteiger partial charge on any atom is -0.478 e. The molecule has 2 N–H and O–H groups in total. The average Bonchev–Trinajstić information content (AvgIpc) is 2.25. The maximum absolute atomic E-state index is 13.4. The van der Waals surface area contributed by atoms with Crippen LogP contribution in [0.2, 0.25) is 0 Å². The van der Waals surface area contributed by atoms with Crippen molar-refractivity contribution in [3.8, 4) is 0 Å². The topological polar surface area (TPSA) is 66.4 Å². The molecule has 0 aliphatic heterocycles. The van der Waals surface area contributed by atoms with Crippen LogP contribution in [0.15, 0.2) is 24.3 Å². The van der Waals surface area contributed by atoms with E-state index in [1.54, 1.807) is 6.08 Å². The molecule has 17 heavy (non-hydrogen) atoms. The lowest BCUT2D eigenvalue weighted by molar-refractivity contribution is -0.118. The summed E-state index contributed by atoms with van der Waals surface area (Å²) in [6.07, 6.45) is 3.07. The van der Waals surface area contributed by atoms with Crippen LogP contribution in [0.1, 0.15) is 22.8 Å². The molecule has 5 heteroatoms. The van der Waals surface area contributed by atoms with Gasteiger partial charge in [-0.1, -0.05) is 18.2 Å². The van der Waals surface area contributed by atoms with Crippen LogP contribution in [-0.2, 0) is 4.79 Å². The first-order chi connectivity index (χ1) is 8.00. The van der Waals surface area contributed by atoms with Gasteiger partial charge in [-0.3, -0.25) is 4.79 Å². The predicted octanol–water partition coefficient (Wildman–Crippen LogP) is 1.67. The highest BCUT2D eigenvalue weighted by atomic mass is 19.1. The van der Waals surface area contributed by atoms with Gasteiger partial charge in [-0.15, -0.1) is 0 Å². The third-order valence-corrected chi connectivity index (χ3v) is 2.01. The van der Waals surface area contributed by atoms with Gasteiger partial charge in [-0.2, -0.15) is 0 Å². The molecule has 0 bridgehead atoms. The monoisotopic (exact) mass is 237 g/mol. The SMILES string of the molecule is CC(=O)NCC=Cc1ccc(C(=O)O)cc1F. The van der Waals surface area contributed by atoms with Gasteiger partial charge in [0, 0.05) is 19.0 Å². The van der Waals surface area contributed by atoms with Crippen LogP contribution in [0.25, 0.3) is 6.08 Å². The fourth-order valence-corrected chi connectivity index (χ4v) is 1.18. The van der Waals surface area contributed by atoms with Gasteiger partial charge >= 0.3 is 5.97 Å². The van der Waals surface area contributed by atoms with Gasteiger partial charge in [0.2, 0.25) is 5.91 Å². The van der Waals surface area contributed by atoms with Crippen molar-refractivity contribution in [2.45, 2.75) is 6.92 Å². The number of carbonyl (C=O) groups is 2. The van der Waals surface area contributed by atoms with E-state index in [-0.39, 0.29) is 17.0 Å². The molecule has 0 aromatic heterocycles. The van der Waals surface area contributed by atoms with Crippen LogP contribution in [0.4, 0.5) is 4.39 Å². The molecule has 1 aromatic carbocycles. The van der Waals surface area contributed by atoms with Crippen molar-refractivity contribution >= 4 is 18.0 Å². The number of hydrogen-bond donors (Lipinski definition) is 2. The molecular formula is C12H12FNO3. The number of carboxylic acid groups (broad SMARTS) is 1. The summed E-state index contributed by atoms with van der Waals surface area (Å²) in [5.74, 6) is -1.95. The lowest BCUT2D eigenvalue weighted by Crippen LogP contribution is -2.19. The molecular weight excluding hydrogens is 225 g/mol. The van der Waals surface area contributed by atoms with Crippen LogP contribution < -0.4 is 5.32 Å². The number of rotatable bonds is 4. The van der Waals surface area contributed by atoms with Gasteiger partial charge in [0.15, 0.2) is 0 Å². The molecule has 0 spiro atoms. The maximum Gasteiger partial charge on any atom is 0.335 e. The lowest BCUT2D eigenvalue weighted by atomic mass is 10.1. The second kappa shape index (κ2) is 5.79. The van der Waals surface area contributed by atoms with Crippen molar-refractivity contribution in [3.63, 3.8) is 0 Å². The van der Waals surface area contributed by atoms with E-state index in [9.17, 15) is 14.0 Å². The molecule has 4 nitrogen and oxygen atoms in total. The van der Waals surface area contributed by atoms with E-state index in [0.29, 0.717) is 6.54 Å². The van der Waals surface area contributed by atoms with Crippen molar-refractivity contribution in [2.24, 2.45) is 0 Å². The summed E-state index contributed by atoms with van der Waals surface area (Å²) in [6.45, 7) is 1.69. The average molecular weight is 237 g/mol. The van der Waals surface area contributed by atoms with E-state index >= 15 is 0 Å². The number of benzene rings is 1. The fraction of sp³-hybridized carbons (Fsp3) is 0.167. The summed E-state index contributed by atoms with van der Waals surface area (Å²) >= 11 is 0. The van der Waals surface area contributed by atoms with Gasteiger partial charge in [-0.05, 0) is 12.1 Å². The number of nitrogens with one attached hydrogen (secondary N) is 1. The van der Waals surface area contributed by atoms with Crippen molar-refractivity contribution in [2.75, 3.05) is 6.54 Å². The summed E-state index contributed by atoms with van der Waals surface area (Å²) in [5.41, 5.74) is 0.182. The van der Waals surface area contributed by atoms with Crippen molar-refractivity contribution in [1.29, 1.82) is 0 Å². The lowest BCUT2D eigenvalue weighted by Gasteiger charge is -1.99. The Bertz CT molecular complexity index is 469. The first kappa shape index (κ1) is 12.9. The van der Waals surface area contributed by atoms with Gasteiger partial charge in [0.25, 0.3) is 0 Å². The van der Waals surface area contributed by atoms with E-state index in [4.69, 9.17) is 5.11 Å². The molecule has 0 radical (unpaired) electrons. The molecule has 1 rings (SSSR count). The molecule has 0 aliphatic carbocycles. The number of carbonyl (C=O) groups excluding carboxylic acids is 1. The van der Waals surface area contributed by atoms with Crippen LogP contribution in [0.3, 0.4) is 0 Å². The third-order valence-electron chi connectivity index (χ3n) is 2.01. The third kappa shape index (κ3) is 4.06. The fourth-order valence-electron chi connectivity index (χ4n) is 1.18. The first-order valence-electron chi connectivity index (χ1n) is 4.94. The predicted molar refractivity (Wildman–Crippen MR) is 61.1 cm³/mol. The summed E-state index contributed by atoms with van der Waals surface area (Å²) in [5, 5.41) is 11.2. The molecule has 0 unspecified atom stereocenters. The Morgan fingerprint density at radius 3 is 2.71 bits per heavy atom. The van der Waals surface area contributed by atoms with E-state index in [2.05, 4.69) is 5.32 Å². The molecule has 0 heterocycles. The molecule has 0 saturated carbocycles. The summed E-state index contributed by atoms with van der Waals surface area (Å²) in [6, 6.07) is 3.66. The van der Waals surface area contributed by atoms with Crippen LogP contribution in [0.5, 0.6) is 0 Å². The van der Waals surface area contributed by atoms with E-state index in [1.165, 1.54) is 25.1 Å². The minimum atomic E-state index is -1.17. The van der Waals surface area contributed by atoms with Gasteiger partial charge in [0.1, 0.15) is 5.82 Å². The Hall–Kier alpha value is -2.17. The summed E-state index contributed by atoms with van der Waals surface area (Å²) < 4.78 is 13.4. The molecule has 90 valence electrons. The minimum absolute atomic E-state index is 0.0958. The largest absolute Gasteiger partial charge is 0.478 e. The van der Waals surface area contributed by atoms with Gasteiger partial charge in [-0.25, -0.2) is 9.18 Å². The Balaban J connectivity index is 2.72. The first-order valence-corrected chi connectivity index (χ1v) is 4.94. The number of halogens is 1. The van der Waals surface area contributed by atoms with Crippen LogP contribution in [0, 0.1) is 5.82 Å². The zero-order valence-corrected chi connectivity index (χ0v) is 9.24. The molecule has 0 saturated heterocycles. The van der Waals surface area contributed by atoms with E-state index < -0.39 is 11.8 Å². The Morgan fingerprint density at radius 1 is 1.47 bits per heavy atom. The smallest absolute Gasteiger partial charge is 0.335 e. The van der Waals surface area contributed by atoms with E-state index in [1.807, 2.05) is 0 Å². The van der Waals surface area contributed by atoms with Crippen molar-refractivity contribution < 1.29 is 19.1 Å². The highest BCUT2D eigenvalue weighted by Crippen LogP contribution is 2.12. The van der Waals surface area contributed by atoms with Crippen LogP contribution in [-0.4, -0.2) is 23.5 Å². The highest BCUT2D eigenvalue weighted by molar-refractivity contribution is 5.87. The zero-order chi connectivity index (χ0) is 12.8. The standard InChI is InChI=1S/C12H12FNO3/c1-8(15)14-6-2-3-9-4-5-10(12(16)17)7-11(9)13/h2-5,7H,6H2,1H3,(H,14,15)(H,16,17). The quantitative estimate of drug-likeness (QED) is 0.837.